The number of rotatable bonds is 7. The lowest BCUT2D eigenvalue weighted by Gasteiger charge is -2.37. The van der Waals surface area contributed by atoms with Crippen LogP contribution in [-0.4, -0.2) is 41.7 Å². The van der Waals surface area contributed by atoms with Gasteiger partial charge in [0, 0.05) is 19.5 Å². The quantitative estimate of drug-likeness (QED) is 0.646. The van der Waals surface area contributed by atoms with Gasteiger partial charge in [-0.25, -0.2) is 0 Å². The number of ether oxygens (including phenoxy) is 1. The number of hydrogen-bond donors (Lipinski definition) is 1. The van der Waals surface area contributed by atoms with Crippen LogP contribution in [0.5, 0.6) is 5.75 Å². The second-order valence-electron chi connectivity index (χ2n) is 9.76. The van der Waals surface area contributed by atoms with Gasteiger partial charge in [-0.1, -0.05) is 39.0 Å². The van der Waals surface area contributed by atoms with Gasteiger partial charge in [0.1, 0.15) is 5.75 Å². The molecule has 2 aliphatic rings. The highest BCUT2D eigenvalue weighted by Crippen LogP contribution is 2.38. The number of hydrogen-bond acceptors (Lipinski definition) is 3. The Kier molecular flexibility index (Phi) is 7.39. The van der Waals surface area contributed by atoms with Gasteiger partial charge in [0.25, 0.3) is 0 Å². The molecule has 0 bridgehead atoms. The van der Waals surface area contributed by atoms with E-state index < -0.39 is 5.97 Å². The second kappa shape index (κ2) is 9.80. The maximum Gasteiger partial charge on any atom is 0.303 e. The Bertz CT molecular complexity index is 694. The van der Waals surface area contributed by atoms with Crippen molar-refractivity contribution in [3.05, 3.63) is 35.9 Å². The molecule has 1 aliphatic carbocycles. The molecule has 1 aromatic carbocycles. The van der Waals surface area contributed by atoms with E-state index >= 15 is 0 Å². The van der Waals surface area contributed by atoms with E-state index in [0.717, 1.165) is 57.0 Å². The van der Waals surface area contributed by atoms with Crippen LogP contribution in [0.1, 0.15) is 71.3 Å². The zero-order chi connectivity index (χ0) is 20.9. The largest absolute Gasteiger partial charge is 0.490 e. The molecule has 4 heteroatoms. The number of aliphatic carboxylic acids is 1. The highest BCUT2D eigenvalue weighted by molar-refractivity contribution is 5.67. The molecule has 0 spiro atoms. The van der Waals surface area contributed by atoms with Gasteiger partial charge in [-0.05, 0) is 79.7 Å². The van der Waals surface area contributed by atoms with Crippen molar-refractivity contribution < 1.29 is 14.6 Å². The third-order valence-corrected chi connectivity index (χ3v) is 6.59. The van der Waals surface area contributed by atoms with Crippen LogP contribution in [0, 0.1) is 11.3 Å². The lowest BCUT2D eigenvalue weighted by atomic mass is 9.72. The summed E-state index contributed by atoms with van der Waals surface area (Å²) in [6.45, 7) is 9.83. The fraction of sp³-hybridized carbons (Fsp3) is 0.640. The zero-order valence-corrected chi connectivity index (χ0v) is 18.3. The zero-order valence-electron chi connectivity index (χ0n) is 18.3. The van der Waals surface area contributed by atoms with Gasteiger partial charge < -0.3 is 9.84 Å². The van der Waals surface area contributed by atoms with Crippen molar-refractivity contribution in [2.24, 2.45) is 11.3 Å². The van der Waals surface area contributed by atoms with Crippen LogP contribution in [0.2, 0.25) is 0 Å². The number of nitrogens with zero attached hydrogens (tertiary/aromatic N) is 1. The first-order valence-electron chi connectivity index (χ1n) is 11.2. The third kappa shape index (κ3) is 6.60. The first kappa shape index (κ1) is 21.9. The lowest BCUT2D eigenvalue weighted by Crippen LogP contribution is -2.30. The van der Waals surface area contributed by atoms with Crippen LogP contribution in [0.15, 0.2) is 30.3 Å². The third-order valence-electron chi connectivity index (χ3n) is 6.59. The molecule has 3 rings (SSSR count). The predicted octanol–water partition coefficient (Wildman–Crippen LogP) is 5.62. The fourth-order valence-electron chi connectivity index (χ4n) is 4.62. The summed E-state index contributed by atoms with van der Waals surface area (Å²) in [7, 11) is 0. The van der Waals surface area contributed by atoms with Gasteiger partial charge in [-0.2, -0.15) is 0 Å². The van der Waals surface area contributed by atoms with Crippen molar-refractivity contribution in [2.45, 2.75) is 71.8 Å². The second-order valence-corrected chi connectivity index (χ2v) is 9.76. The summed E-state index contributed by atoms with van der Waals surface area (Å²) in [4.78, 5) is 13.0. The molecule has 1 saturated carbocycles. The van der Waals surface area contributed by atoms with Crippen molar-refractivity contribution in [3.63, 3.8) is 0 Å². The van der Waals surface area contributed by atoms with Gasteiger partial charge in [0.15, 0.2) is 0 Å². The van der Waals surface area contributed by atoms with Gasteiger partial charge >= 0.3 is 5.97 Å². The summed E-state index contributed by atoms with van der Waals surface area (Å²) >= 11 is 0. The van der Waals surface area contributed by atoms with Crippen LogP contribution in [0.3, 0.4) is 0 Å². The maximum absolute atomic E-state index is 10.6. The molecule has 1 aliphatic heterocycles. The highest BCUT2D eigenvalue weighted by atomic mass is 16.5. The molecule has 4 nitrogen and oxygen atoms in total. The van der Waals surface area contributed by atoms with Crippen LogP contribution >= 0.6 is 0 Å². The molecule has 0 saturated heterocycles. The van der Waals surface area contributed by atoms with Gasteiger partial charge in [-0.15, -0.1) is 0 Å². The van der Waals surface area contributed by atoms with E-state index in [1.54, 1.807) is 0 Å². The predicted molar refractivity (Wildman–Crippen MR) is 118 cm³/mol. The van der Waals surface area contributed by atoms with Gasteiger partial charge in [-0.3, -0.25) is 9.69 Å². The number of carbonyl (C=O) groups is 1. The Labute approximate surface area is 175 Å². The Hall–Kier alpha value is -1.81. The number of carboxylic acid groups (broad SMARTS) is 1. The molecule has 160 valence electrons. The minimum atomic E-state index is -0.706. The summed E-state index contributed by atoms with van der Waals surface area (Å²) in [5, 5.41) is 8.76. The first-order chi connectivity index (χ1) is 13.8. The molecule has 1 fully saturated rings. The Morgan fingerprint density at radius 3 is 2.38 bits per heavy atom. The molecule has 1 aromatic rings. The monoisotopic (exact) mass is 399 g/mol. The van der Waals surface area contributed by atoms with Crippen LogP contribution < -0.4 is 4.74 Å². The molecule has 0 radical (unpaired) electrons. The Morgan fingerprint density at radius 1 is 1.14 bits per heavy atom. The number of carboxylic acids is 1. The standard InChI is InChI=1S/C25H37NO3/c1-25(2,3)21-8-12-23(13-9-21)29-22-10-6-19(7-11-22)20-14-17-26(18-15-20)16-4-5-24(27)28/h6-7,10-11,14,21,23H,4-5,8-9,12-13,15-18H2,1-3H3,(H,27,28). The Morgan fingerprint density at radius 2 is 1.83 bits per heavy atom. The van der Waals surface area contributed by atoms with E-state index in [1.807, 2.05) is 0 Å². The highest BCUT2D eigenvalue weighted by Gasteiger charge is 2.30. The molecular formula is C25H37NO3. The minimum absolute atomic E-state index is 0.256. The van der Waals surface area contributed by atoms with Gasteiger partial charge in [0.2, 0.25) is 0 Å². The van der Waals surface area contributed by atoms with Gasteiger partial charge in [0.05, 0.1) is 6.10 Å². The molecule has 1 N–H and O–H groups in total. The normalized spacial score (nSPS) is 23.5. The summed E-state index contributed by atoms with van der Waals surface area (Å²) in [5.74, 6) is 1.09. The van der Waals surface area contributed by atoms with Crippen LogP contribution in [0.4, 0.5) is 0 Å². The number of benzene rings is 1. The van der Waals surface area contributed by atoms with Crippen molar-refractivity contribution in [1.29, 1.82) is 0 Å². The van der Waals surface area contributed by atoms with E-state index in [-0.39, 0.29) is 6.42 Å². The van der Waals surface area contributed by atoms with E-state index in [9.17, 15) is 4.79 Å². The smallest absolute Gasteiger partial charge is 0.303 e. The average molecular weight is 400 g/mol. The van der Waals surface area contributed by atoms with Crippen molar-refractivity contribution in [1.82, 2.24) is 4.90 Å². The molecular weight excluding hydrogens is 362 g/mol. The maximum atomic E-state index is 10.6. The van der Waals surface area contributed by atoms with E-state index in [2.05, 4.69) is 56.0 Å². The Balaban J connectivity index is 1.46. The van der Waals surface area contributed by atoms with Crippen molar-refractivity contribution in [2.75, 3.05) is 19.6 Å². The molecule has 0 amide bonds. The topological polar surface area (TPSA) is 49.8 Å². The van der Waals surface area contributed by atoms with Crippen LogP contribution in [-0.2, 0) is 4.79 Å². The van der Waals surface area contributed by atoms with E-state index in [4.69, 9.17) is 9.84 Å². The van der Waals surface area contributed by atoms with Crippen molar-refractivity contribution >= 4 is 11.5 Å². The van der Waals surface area contributed by atoms with E-state index in [1.165, 1.54) is 24.0 Å². The lowest BCUT2D eigenvalue weighted by molar-refractivity contribution is -0.137. The molecule has 0 unspecified atom stereocenters. The van der Waals surface area contributed by atoms with E-state index in [0.29, 0.717) is 11.5 Å². The molecule has 1 heterocycles. The summed E-state index contributed by atoms with van der Waals surface area (Å²) in [6.07, 6.45) is 9.49. The minimum Gasteiger partial charge on any atom is -0.490 e. The summed E-state index contributed by atoms with van der Waals surface area (Å²) in [5.41, 5.74) is 3.07. The first-order valence-corrected chi connectivity index (χ1v) is 11.2. The summed E-state index contributed by atoms with van der Waals surface area (Å²) in [6, 6.07) is 8.60. The molecule has 29 heavy (non-hydrogen) atoms. The van der Waals surface area contributed by atoms with Crippen LogP contribution in [0.25, 0.3) is 5.57 Å². The molecule has 0 aromatic heterocycles. The molecule has 0 atom stereocenters. The SMILES string of the molecule is CC(C)(C)C1CCC(Oc2ccc(C3=CCN(CCCC(=O)O)CC3)cc2)CC1. The fourth-order valence-corrected chi connectivity index (χ4v) is 4.62. The summed E-state index contributed by atoms with van der Waals surface area (Å²) < 4.78 is 6.26. The van der Waals surface area contributed by atoms with Crippen molar-refractivity contribution in [3.8, 4) is 5.75 Å². The average Bonchev–Trinajstić information content (AvgIpc) is 2.69.